The highest BCUT2D eigenvalue weighted by Gasteiger charge is 2.03. The van der Waals surface area contributed by atoms with Crippen molar-refractivity contribution in [3.8, 4) is 0 Å². The summed E-state index contributed by atoms with van der Waals surface area (Å²) in [5.41, 5.74) is 3.41. The van der Waals surface area contributed by atoms with Gasteiger partial charge in [-0.05, 0) is 18.2 Å². The highest BCUT2D eigenvalue weighted by atomic mass is 16.1. The van der Waals surface area contributed by atoms with E-state index in [9.17, 15) is 4.79 Å². The maximum absolute atomic E-state index is 11.6. The third-order valence-corrected chi connectivity index (χ3v) is 2.47. The van der Waals surface area contributed by atoms with Gasteiger partial charge in [-0.25, -0.2) is 9.97 Å². The van der Waals surface area contributed by atoms with Gasteiger partial charge in [-0.1, -0.05) is 12.1 Å². The molecule has 0 bridgehead atoms. The quantitative estimate of drug-likeness (QED) is 0.724. The highest BCUT2D eigenvalue weighted by molar-refractivity contribution is 5.88. The Bertz CT molecular complexity index is 747. The van der Waals surface area contributed by atoms with Crippen LogP contribution in [0.2, 0.25) is 0 Å². The lowest BCUT2D eigenvalue weighted by Gasteiger charge is -2.08. The molecule has 3 aromatic rings. The monoisotopic (exact) mass is 239 g/mol. The van der Waals surface area contributed by atoms with Gasteiger partial charge in [0.05, 0.1) is 5.52 Å². The molecule has 0 fully saturated rings. The maximum atomic E-state index is 11.6. The second kappa shape index (κ2) is 4.25. The molecule has 0 amide bonds. The molecule has 3 rings (SSSR count). The molecule has 2 heterocycles. The van der Waals surface area contributed by atoms with Crippen LogP contribution in [0.15, 0.2) is 53.7 Å². The molecule has 0 aliphatic rings. The third kappa shape index (κ3) is 1.80. The Morgan fingerprint density at radius 1 is 1.06 bits per heavy atom. The largest absolute Gasteiger partial charge is 0.286 e. The summed E-state index contributed by atoms with van der Waals surface area (Å²) in [6, 6.07) is 10.5. The van der Waals surface area contributed by atoms with Gasteiger partial charge >= 0.3 is 0 Å². The number of fused-ring (bicyclic) bond motifs is 1. The Labute approximate surface area is 102 Å². The minimum atomic E-state index is -0.250. The number of para-hydroxylation sites is 1. The van der Waals surface area contributed by atoms with Crippen molar-refractivity contribution in [2.24, 2.45) is 0 Å². The van der Waals surface area contributed by atoms with Gasteiger partial charge in [0.15, 0.2) is 5.82 Å². The van der Waals surface area contributed by atoms with E-state index in [0.29, 0.717) is 5.82 Å². The third-order valence-electron chi connectivity index (χ3n) is 2.47. The second-order valence-corrected chi connectivity index (χ2v) is 3.62. The molecule has 6 nitrogen and oxygen atoms in total. The summed E-state index contributed by atoms with van der Waals surface area (Å²) in [4.78, 5) is 21.0. The molecule has 0 unspecified atom stereocenters. The van der Waals surface area contributed by atoms with E-state index in [4.69, 9.17) is 0 Å². The number of anilines is 1. The van der Waals surface area contributed by atoms with Crippen molar-refractivity contribution in [2.75, 3.05) is 5.43 Å². The molecular weight excluding hydrogens is 230 g/mol. The molecule has 2 aromatic heterocycles. The number of hydrogen-bond donors (Lipinski definition) is 1. The van der Waals surface area contributed by atoms with E-state index in [1.165, 1.54) is 18.6 Å². The van der Waals surface area contributed by atoms with E-state index in [0.717, 1.165) is 15.7 Å². The molecule has 0 spiro atoms. The molecule has 0 radical (unpaired) electrons. The summed E-state index contributed by atoms with van der Waals surface area (Å²) in [6.07, 6.45) is 2.97. The fourth-order valence-electron chi connectivity index (χ4n) is 1.64. The molecule has 6 heteroatoms. The number of aromatic nitrogens is 4. The van der Waals surface area contributed by atoms with E-state index in [-0.39, 0.29) is 5.56 Å². The lowest BCUT2D eigenvalue weighted by atomic mass is 10.2. The number of nitrogens with zero attached hydrogens (tertiary/aromatic N) is 4. The van der Waals surface area contributed by atoms with Crippen LogP contribution in [-0.2, 0) is 0 Å². The van der Waals surface area contributed by atoms with Crippen LogP contribution in [0.5, 0.6) is 0 Å². The van der Waals surface area contributed by atoms with Crippen molar-refractivity contribution in [1.29, 1.82) is 0 Å². The van der Waals surface area contributed by atoms with Crippen LogP contribution in [0.25, 0.3) is 10.9 Å². The Hall–Kier alpha value is -2.76. The van der Waals surface area contributed by atoms with Gasteiger partial charge in [0, 0.05) is 17.6 Å². The van der Waals surface area contributed by atoms with E-state index >= 15 is 0 Å². The first-order chi connectivity index (χ1) is 8.84. The first-order valence-electron chi connectivity index (χ1n) is 5.36. The summed E-state index contributed by atoms with van der Waals surface area (Å²) in [6.45, 7) is 0. The summed E-state index contributed by atoms with van der Waals surface area (Å²) in [7, 11) is 0. The Balaban J connectivity index is 2.11. The molecule has 0 saturated carbocycles. The molecular formula is C12H9N5O. The van der Waals surface area contributed by atoms with Crippen LogP contribution in [0.3, 0.4) is 0 Å². The average Bonchev–Trinajstić information content (AvgIpc) is 2.42. The number of rotatable bonds is 2. The molecule has 0 saturated heterocycles. The molecule has 18 heavy (non-hydrogen) atoms. The maximum Gasteiger partial charge on any atom is 0.286 e. The number of benzene rings is 1. The normalized spacial score (nSPS) is 10.4. The van der Waals surface area contributed by atoms with Gasteiger partial charge in [0.2, 0.25) is 0 Å². The van der Waals surface area contributed by atoms with Crippen molar-refractivity contribution in [1.82, 2.24) is 19.9 Å². The molecule has 0 atom stereocenters. The van der Waals surface area contributed by atoms with Gasteiger partial charge in [-0.2, -0.15) is 5.10 Å². The Morgan fingerprint density at radius 3 is 2.83 bits per heavy atom. The van der Waals surface area contributed by atoms with Crippen LogP contribution in [-0.4, -0.2) is 19.9 Å². The van der Waals surface area contributed by atoms with Crippen LogP contribution in [0, 0.1) is 0 Å². The predicted molar refractivity (Wildman–Crippen MR) is 67.1 cm³/mol. The van der Waals surface area contributed by atoms with E-state index in [1.807, 2.05) is 24.3 Å². The smallest absolute Gasteiger partial charge is 0.266 e. The Kier molecular flexibility index (Phi) is 2.45. The van der Waals surface area contributed by atoms with Gasteiger partial charge in [0.1, 0.15) is 6.33 Å². The zero-order valence-corrected chi connectivity index (χ0v) is 9.32. The van der Waals surface area contributed by atoms with Gasteiger partial charge in [-0.3, -0.25) is 10.2 Å². The lowest BCUT2D eigenvalue weighted by Crippen LogP contribution is -2.28. The molecule has 88 valence electrons. The highest BCUT2D eigenvalue weighted by Crippen LogP contribution is 2.17. The van der Waals surface area contributed by atoms with Crippen LogP contribution in [0.4, 0.5) is 5.82 Å². The first-order valence-corrected chi connectivity index (χ1v) is 5.36. The average molecular weight is 239 g/mol. The number of hydrogen-bond acceptors (Lipinski definition) is 5. The lowest BCUT2D eigenvalue weighted by molar-refractivity contribution is 0.735. The summed E-state index contributed by atoms with van der Waals surface area (Å²) >= 11 is 0. The molecule has 0 aliphatic carbocycles. The standard InChI is InChI=1S/C12H9N5O/c18-11-6-3-7-15-17(11)16-12-9-4-1-2-5-10(9)13-8-14-12/h1-8H,(H,13,14,16). The van der Waals surface area contributed by atoms with Crippen molar-refractivity contribution in [3.63, 3.8) is 0 Å². The summed E-state index contributed by atoms with van der Waals surface area (Å²) in [5, 5.41) is 4.74. The van der Waals surface area contributed by atoms with Crippen LogP contribution in [0.1, 0.15) is 0 Å². The zero-order valence-electron chi connectivity index (χ0n) is 9.32. The van der Waals surface area contributed by atoms with E-state index in [1.54, 1.807) is 6.07 Å². The van der Waals surface area contributed by atoms with Gasteiger partial charge in [-0.15, -0.1) is 4.79 Å². The Morgan fingerprint density at radius 2 is 1.94 bits per heavy atom. The molecule has 1 N–H and O–H groups in total. The SMILES string of the molecule is O=c1cccnn1Nc1ncnc2ccccc12. The van der Waals surface area contributed by atoms with Crippen LogP contribution < -0.4 is 11.0 Å². The zero-order chi connectivity index (χ0) is 12.4. The van der Waals surface area contributed by atoms with Gasteiger partial charge in [0.25, 0.3) is 5.56 Å². The van der Waals surface area contributed by atoms with Crippen LogP contribution >= 0.6 is 0 Å². The van der Waals surface area contributed by atoms with E-state index in [2.05, 4.69) is 20.5 Å². The van der Waals surface area contributed by atoms with Crippen molar-refractivity contribution < 1.29 is 0 Å². The summed E-state index contributed by atoms with van der Waals surface area (Å²) in [5.74, 6) is 0.543. The molecule has 0 aliphatic heterocycles. The van der Waals surface area contributed by atoms with Gasteiger partial charge < -0.3 is 0 Å². The van der Waals surface area contributed by atoms with E-state index < -0.39 is 0 Å². The minimum absolute atomic E-state index is 0.250. The second-order valence-electron chi connectivity index (χ2n) is 3.62. The first kappa shape index (κ1) is 10.4. The van der Waals surface area contributed by atoms with Crippen molar-refractivity contribution >= 4 is 16.7 Å². The number of nitrogens with one attached hydrogen (secondary N) is 1. The predicted octanol–water partition coefficient (Wildman–Crippen LogP) is 1.06. The molecule has 1 aromatic carbocycles. The summed E-state index contributed by atoms with van der Waals surface area (Å²) < 4.78 is 0. The topological polar surface area (TPSA) is 72.7 Å². The minimum Gasteiger partial charge on any atom is -0.266 e. The van der Waals surface area contributed by atoms with Crippen molar-refractivity contribution in [2.45, 2.75) is 0 Å². The fourth-order valence-corrected chi connectivity index (χ4v) is 1.64. The fraction of sp³-hybridized carbons (Fsp3) is 0. The van der Waals surface area contributed by atoms with Crippen molar-refractivity contribution in [3.05, 3.63) is 59.3 Å².